The second kappa shape index (κ2) is 4.78. The quantitative estimate of drug-likeness (QED) is 0.711. The standard InChI is InChI=1S/C15H10ClNO2/c16-12-3-1-2-4-13(12)17-11-6-7-14-10(9-11)5-8-15(18)19-14/h1-9,17H. The van der Waals surface area contributed by atoms with Crippen LogP contribution >= 0.6 is 11.6 Å². The first-order valence-electron chi connectivity index (χ1n) is 5.78. The van der Waals surface area contributed by atoms with Crippen LogP contribution in [0.3, 0.4) is 0 Å². The van der Waals surface area contributed by atoms with Crippen molar-refractivity contribution in [2.45, 2.75) is 0 Å². The van der Waals surface area contributed by atoms with Crippen molar-refractivity contribution < 1.29 is 4.42 Å². The third-order valence-electron chi connectivity index (χ3n) is 2.77. The van der Waals surface area contributed by atoms with Crippen molar-refractivity contribution in [3.8, 4) is 0 Å². The van der Waals surface area contributed by atoms with Crippen LogP contribution in [0.15, 0.2) is 63.8 Å². The first-order chi connectivity index (χ1) is 9.22. The highest BCUT2D eigenvalue weighted by Gasteiger charge is 2.02. The first-order valence-corrected chi connectivity index (χ1v) is 6.16. The van der Waals surface area contributed by atoms with Crippen molar-refractivity contribution in [3.63, 3.8) is 0 Å². The van der Waals surface area contributed by atoms with Gasteiger partial charge >= 0.3 is 5.63 Å². The van der Waals surface area contributed by atoms with Gasteiger partial charge in [0.15, 0.2) is 0 Å². The molecule has 0 spiro atoms. The summed E-state index contributed by atoms with van der Waals surface area (Å²) in [4.78, 5) is 11.1. The Balaban J connectivity index is 2.00. The van der Waals surface area contributed by atoms with Crippen LogP contribution < -0.4 is 10.9 Å². The van der Waals surface area contributed by atoms with Crippen molar-refractivity contribution in [1.29, 1.82) is 0 Å². The number of anilines is 2. The lowest BCUT2D eigenvalue weighted by molar-refractivity contribution is 0.561. The molecule has 0 fully saturated rings. The number of hydrogen-bond donors (Lipinski definition) is 1. The van der Waals surface area contributed by atoms with Gasteiger partial charge in [0.2, 0.25) is 0 Å². The molecule has 3 nitrogen and oxygen atoms in total. The van der Waals surface area contributed by atoms with Gasteiger partial charge in [-0.05, 0) is 36.4 Å². The van der Waals surface area contributed by atoms with Crippen molar-refractivity contribution >= 4 is 33.9 Å². The molecule has 0 saturated heterocycles. The molecule has 1 N–H and O–H groups in total. The van der Waals surface area contributed by atoms with Gasteiger partial charge < -0.3 is 9.73 Å². The van der Waals surface area contributed by atoms with E-state index in [-0.39, 0.29) is 5.63 Å². The van der Waals surface area contributed by atoms with Gasteiger partial charge in [0, 0.05) is 17.1 Å². The molecule has 4 heteroatoms. The number of benzene rings is 2. The second-order valence-electron chi connectivity index (χ2n) is 4.11. The van der Waals surface area contributed by atoms with E-state index in [1.165, 1.54) is 6.07 Å². The average Bonchev–Trinajstić information content (AvgIpc) is 2.41. The van der Waals surface area contributed by atoms with Gasteiger partial charge in [0.1, 0.15) is 5.58 Å². The highest BCUT2D eigenvalue weighted by atomic mass is 35.5. The van der Waals surface area contributed by atoms with Crippen LogP contribution in [0.5, 0.6) is 0 Å². The van der Waals surface area contributed by atoms with Gasteiger partial charge in [-0.3, -0.25) is 0 Å². The molecule has 1 aromatic heterocycles. The van der Waals surface area contributed by atoms with Gasteiger partial charge in [0.05, 0.1) is 10.7 Å². The SMILES string of the molecule is O=c1ccc2cc(Nc3ccccc3Cl)ccc2o1. The van der Waals surface area contributed by atoms with Crippen LogP contribution in [0.2, 0.25) is 5.02 Å². The lowest BCUT2D eigenvalue weighted by atomic mass is 10.2. The summed E-state index contributed by atoms with van der Waals surface area (Å²) in [5.74, 6) is 0. The Labute approximate surface area is 114 Å². The molecule has 0 aliphatic heterocycles. The fraction of sp³-hybridized carbons (Fsp3) is 0. The van der Waals surface area contributed by atoms with E-state index in [2.05, 4.69) is 5.32 Å². The Kier molecular flexibility index (Phi) is 2.97. The average molecular weight is 272 g/mol. The van der Waals surface area contributed by atoms with Crippen molar-refractivity contribution in [1.82, 2.24) is 0 Å². The lowest BCUT2D eigenvalue weighted by Crippen LogP contribution is -1.95. The molecule has 3 rings (SSSR count). The molecule has 94 valence electrons. The van der Waals surface area contributed by atoms with Gasteiger partial charge in [-0.2, -0.15) is 0 Å². The second-order valence-corrected chi connectivity index (χ2v) is 4.52. The number of rotatable bonds is 2. The largest absolute Gasteiger partial charge is 0.423 e. The maximum Gasteiger partial charge on any atom is 0.336 e. The van der Waals surface area contributed by atoms with E-state index in [9.17, 15) is 4.79 Å². The van der Waals surface area contributed by atoms with E-state index in [1.807, 2.05) is 36.4 Å². The molecule has 0 radical (unpaired) electrons. The molecular weight excluding hydrogens is 262 g/mol. The topological polar surface area (TPSA) is 42.2 Å². The summed E-state index contributed by atoms with van der Waals surface area (Å²) in [5, 5.41) is 4.74. The molecule has 0 aliphatic carbocycles. The Hall–Kier alpha value is -2.26. The van der Waals surface area contributed by atoms with Gasteiger partial charge in [0.25, 0.3) is 0 Å². The Morgan fingerprint density at radius 2 is 1.84 bits per heavy atom. The predicted octanol–water partition coefficient (Wildman–Crippen LogP) is 4.19. The summed E-state index contributed by atoms with van der Waals surface area (Å²) in [7, 11) is 0. The first kappa shape index (κ1) is 11.8. The molecule has 0 atom stereocenters. The van der Waals surface area contributed by atoms with Crippen LogP contribution in [0.1, 0.15) is 0 Å². The Morgan fingerprint density at radius 3 is 2.68 bits per heavy atom. The van der Waals surface area contributed by atoms with Crippen LogP contribution in [0, 0.1) is 0 Å². The minimum Gasteiger partial charge on any atom is -0.423 e. The maximum absolute atomic E-state index is 11.1. The third-order valence-corrected chi connectivity index (χ3v) is 3.10. The summed E-state index contributed by atoms with van der Waals surface area (Å²) >= 11 is 6.09. The van der Waals surface area contributed by atoms with E-state index in [4.69, 9.17) is 16.0 Å². The van der Waals surface area contributed by atoms with Crippen LogP contribution in [-0.2, 0) is 0 Å². The number of hydrogen-bond acceptors (Lipinski definition) is 3. The summed E-state index contributed by atoms with van der Waals surface area (Å²) in [6.07, 6.45) is 0. The number of fused-ring (bicyclic) bond motifs is 1. The molecule has 3 aromatic rings. The fourth-order valence-corrected chi connectivity index (χ4v) is 2.05. The molecule has 0 amide bonds. The number of para-hydroxylation sites is 1. The zero-order valence-corrected chi connectivity index (χ0v) is 10.6. The van der Waals surface area contributed by atoms with Crippen LogP contribution in [0.4, 0.5) is 11.4 Å². The zero-order valence-electron chi connectivity index (χ0n) is 9.89. The number of nitrogens with one attached hydrogen (secondary N) is 1. The summed E-state index contributed by atoms with van der Waals surface area (Å²) in [6.45, 7) is 0. The normalized spacial score (nSPS) is 10.6. The van der Waals surface area contributed by atoms with E-state index >= 15 is 0 Å². The molecule has 19 heavy (non-hydrogen) atoms. The molecule has 1 heterocycles. The minimum absolute atomic E-state index is 0.348. The Bertz CT molecular complexity index is 795. The summed E-state index contributed by atoms with van der Waals surface area (Å²) in [6, 6.07) is 16.2. The highest BCUT2D eigenvalue weighted by molar-refractivity contribution is 6.33. The van der Waals surface area contributed by atoms with Crippen molar-refractivity contribution in [2.24, 2.45) is 0 Å². The third kappa shape index (κ3) is 2.46. The molecule has 0 unspecified atom stereocenters. The monoisotopic (exact) mass is 271 g/mol. The summed E-state index contributed by atoms with van der Waals surface area (Å²) in [5.41, 5.74) is 1.94. The van der Waals surface area contributed by atoms with Crippen LogP contribution in [-0.4, -0.2) is 0 Å². The molecule has 2 aromatic carbocycles. The summed E-state index contributed by atoms with van der Waals surface area (Å²) < 4.78 is 5.08. The fourth-order valence-electron chi connectivity index (χ4n) is 1.87. The molecular formula is C15H10ClNO2. The maximum atomic E-state index is 11.1. The van der Waals surface area contributed by atoms with E-state index < -0.39 is 0 Å². The van der Waals surface area contributed by atoms with Gasteiger partial charge in [-0.15, -0.1) is 0 Å². The molecule has 0 bridgehead atoms. The van der Waals surface area contributed by atoms with Gasteiger partial charge in [-0.25, -0.2) is 4.79 Å². The lowest BCUT2D eigenvalue weighted by Gasteiger charge is -2.08. The van der Waals surface area contributed by atoms with Crippen LogP contribution in [0.25, 0.3) is 11.0 Å². The van der Waals surface area contributed by atoms with E-state index in [0.29, 0.717) is 10.6 Å². The highest BCUT2D eigenvalue weighted by Crippen LogP contribution is 2.26. The van der Waals surface area contributed by atoms with Gasteiger partial charge in [-0.1, -0.05) is 23.7 Å². The Morgan fingerprint density at radius 1 is 1.00 bits per heavy atom. The predicted molar refractivity (Wildman–Crippen MR) is 77.2 cm³/mol. The number of halogens is 1. The van der Waals surface area contributed by atoms with E-state index in [1.54, 1.807) is 12.1 Å². The minimum atomic E-state index is -0.348. The molecule has 0 saturated carbocycles. The van der Waals surface area contributed by atoms with E-state index in [0.717, 1.165) is 16.8 Å². The van der Waals surface area contributed by atoms with Crippen molar-refractivity contribution in [3.05, 3.63) is 70.0 Å². The van der Waals surface area contributed by atoms with Crippen molar-refractivity contribution in [2.75, 3.05) is 5.32 Å². The zero-order chi connectivity index (χ0) is 13.2. The smallest absolute Gasteiger partial charge is 0.336 e. The molecule has 0 aliphatic rings.